The molecule has 2 aromatic rings. The molecule has 2 aliphatic carbocycles. The van der Waals surface area contributed by atoms with Crippen LogP contribution in [0.1, 0.15) is 55.0 Å². The first-order chi connectivity index (χ1) is 16.1. The van der Waals surface area contributed by atoms with Crippen LogP contribution in [0.4, 0.5) is 17.7 Å². The predicted octanol–water partition coefficient (Wildman–Crippen LogP) is 1.58. The van der Waals surface area contributed by atoms with Crippen molar-refractivity contribution in [2.75, 3.05) is 43.4 Å². The lowest BCUT2D eigenvalue weighted by molar-refractivity contribution is -0.144. The number of amides is 2. The zero-order valence-corrected chi connectivity index (χ0v) is 19.0. The van der Waals surface area contributed by atoms with Crippen molar-refractivity contribution in [3.8, 4) is 0 Å². The summed E-state index contributed by atoms with van der Waals surface area (Å²) >= 11 is 0. The van der Waals surface area contributed by atoms with Gasteiger partial charge in [0.05, 0.1) is 18.4 Å². The van der Waals surface area contributed by atoms with E-state index < -0.39 is 0 Å². The molecule has 2 amide bonds. The quantitative estimate of drug-likeness (QED) is 0.712. The van der Waals surface area contributed by atoms with Gasteiger partial charge in [-0.3, -0.25) is 9.59 Å². The van der Waals surface area contributed by atoms with Crippen molar-refractivity contribution in [3.05, 3.63) is 23.1 Å². The minimum absolute atomic E-state index is 0.00710. The van der Waals surface area contributed by atoms with Gasteiger partial charge in [-0.05, 0) is 44.9 Å². The molecule has 0 bridgehead atoms. The van der Waals surface area contributed by atoms with E-state index >= 15 is 0 Å². The predicted molar refractivity (Wildman–Crippen MR) is 122 cm³/mol. The van der Waals surface area contributed by atoms with Crippen molar-refractivity contribution in [1.29, 1.82) is 0 Å². The zero-order chi connectivity index (χ0) is 22.5. The van der Waals surface area contributed by atoms with Gasteiger partial charge in [-0.2, -0.15) is 4.98 Å². The average molecular weight is 451 g/mol. The van der Waals surface area contributed by atoms with Crippen LogP contribution in [0, 0.1) is 0 Å². The van der Waals surface area contributed by atoms with Gasteiger partial charge in [0.15, 0.2) is 0 Å². The number of fused-ring (bicyclic) bond motifs is 1. The molecule has 2 aliphatic heterocycles. The number of nitrogens with zero attached hydrogens (tertiary/aromatic N) is 6. The Morgan fingerprint density at radius 3 is 2.82 bits per heavy atom. The highest BCUT2D eigenvalue weighted by Gasteiger charge is 2.38. The number of aryl methyl sites for hydroxylation is 1. The van der Waals surface area contributed by atoms with Gasteiger partial charge >= 0.3 is 0 Å². The fourth-order valence-electron chi connectivity index (χ4n) is 5.18. The van der Waals surface area contributed by atoms with Crippen LogP contribution in [0.15, 0.2) is 6.20 Å². The highest BCUT2D eigenvalue weighted by Crippen LogP contribution is 2.39. The van der Waals surface area contributed by atoms with Gasteiger partial charge in [0.1, 0.15) is 11.9 Å². The molecular weight excluding hydrogens is 420 g/mol. The number of rotatable bonds is 5. The molecule has 4 heterocycles. The smallest absolute Gasteiger partial charge is 0.245 e. The van der Waals surface area contributed by atoms with Crippen molar-refractivity contribution in [3.63, 3.8) is 0 Å². The van der Waals surface area contributed by atoms with Crippen LogP contribution >= 0.6 is 0 Å². The van der Waals surface area contributed by atoms with Gasteiger partial charge in [-0.1, -0.05) is 0 Å². The third-order valence-electron chi connectivity index (χ3n) is 7.33. The summed E-state index contributed by atoms with van der Waals surface area (Å²) in [6.45, 7) is 2.04. The summed E-state index contributed by atoms with van der Waals surface area (Å²) in [6.07, 6.45) is 8.93. The number of carbonyl (C=O) groups excluding carboxylic acids is 2. The van der Waals surface area contributed by atoms with Crippen molar-refractivity contribution in [2.24, 2.45) is 0 Å². The molecule has 2 aromatic heterocycles. The largest absolute Gasteiger partial charge is 0.342 e. The molecule has 0 spiro atoms. The number of hydrogen-bond acceptors (Lipinski definition) is 7. The van der Waals surface area contributed by atoms with Crippen molar-refractivity contribution < 1.29 is 9.59 Å². The van der Waals surface area contributed by atoms with Crippen LogP contribution in [0.5, 0.6) is 0 Å². The maximum absolute atomic E-state index is 13.3. The molecule has 3 fully saturated rings. The molecule has 10 nitrogen and oxygen atoms in total. The molecule has 2 saturated heterocycles. The number of nitrogens with one attached hydrogen (secondary N) is 2. The molecule has 1 saturated carbocycles. The number of imidazole rings is 1. The number of H-pyrrole nitrogens is 1. The van der Waals surface area contributed by atoms with Gasteiger partial charge < -0.3 is 25.0 Å². The van der Waals surface area contributed by atoms with Crippen LogP contribution < -0.4 is 10.2 Å². The molecule has 4 aliphatic rings. The molecule has 0 unspecified atom stereocenters. The summed E-state index contributed by atoms with van der Waals surface area (Å²) in [5, 5.41) is 3.40. The van der Waals surface area contributed by atoms with E-state index in [1.54, 1.807) is 16.8 Å². The fourth-order valence-corrected chi connectivity index (χ4v) is 5.18. The number of carbonyl (C=O) groups is 2. The monoisotopic (exact) mass is 450 g/mol. The SMILES string of the molecule is CN1CCN(C(=O)[C@@H]2CCCN2c2nc3c(c(Nc4ncc(C5CC5)[nH]4)n2)CCC3)CC1=O. The second-order valence-corrected chi connectivity index (χ2v) is 9.66. The first kappa shape index (κ1) is 20.4. The van der Waals surface area contributed by atoms with E-state index in [4.69, 9.17) is 9.97 Å². The maximum Gasteiger partial charge on any atom is 0.245 e. The van der Waals surface area contributed by atoms with E-state index in [-0.39, 0.29) is 24.4 Å². The van der Waals surface area contributed by atoms with Gasteiger partial charge in [-0.25, -0.2) is 9.97 Å². The minimum Gasteiger partial charge on any atom is -0.342 e. The number of hydrogen-bond donors (Lipinski definition) is 2. The normalized spacial score (nSPS) is 22.8. The van der Waals surface area contributed by atoms with E-state index in [1.165, 1.54) is 18.5 Å². The highest BCUT2D eigenvalue weighted by atomic mass is 16.2. The van der Waals surface area contributed by atoms with Crippen molar-refractivity contribution >= 4 is 29.5 Å². The molecule has 2 N–H and O–H groups in total. The van der Waals surface area contributed by atoms with E-state index in [0.717, 1.165) is 55.7 Å². The topological polar surface area (TPSA) is 110 Å². The number of aromatic amines is 1. The van der Waals surface area contributed by atoms with Gasteiger partial charge in [-0.15, -0.1) is 0 Å². The summed E-state index contributed by atoms with van der Waals surface area (Å²) in [4.78, 5) is 48.6. The summed E-state index contributed by atoms with van der Waals surface area (Å²) in [6, 6.07) is -0.321. The lowest BCUT2D eigenvalue weighted by atomic mass is 10.1. The van der Waals surface area contributed by atoms with Gasteiger partial charge in [0.2, 0.25) is 23.7 Å². The van der Waals surface area contributed by atoms with Crippen LogP contribution in [-0.4, -0.2) is 80.8 Å². The molecule has 174 valence electrons. The van der Waals surface area contributed by atoms with Gasteiger partial charge in [0.25, 0.3) is 0 Å². The Hall–Kier alpha value is -3.17. The maximum atomic E-state index is 13.3. The molecular formula is C23H30N8O2. The van der Waals surface area contributed by atoms with Crippen LogP contribution in [0.2, 0.25) is 0 Å². The lowest BCUT2D eigenvalue weighted by Crippen LogP contribution is -2.55. The summed E-state index contributed by atoms with van der Waals surface area (Å²) < 4.78 is 0. The third-order valence-corrected chi connectivity index (χ3v) is 7.33. The standard InChI is InChI=1S/C23H30N8O2/c1-29-10-11-30(13-19(29)32)21(33)18-6-3-9-31(18)23-26-16-5-2-4-15(16)20(28-23)27-22-24-12-17(25-22)14-7-8-14/h12,14,18H,2-11,13H2,1H3,(H2,24,25,26,27,28)/t18-/m0/s1. The molecule has 33 heavy (non-hydrogen) atoms. The van der Waals surface area contributed by atoms with Crippen LogP contribution in [0.25, 0.3) is 0 Å². The zero-order valence-electron chi connectivity index (χ0n) is 19.0. The summed E-state index contributed by atoms with van der Waals surface area (Å²) in [5.74, 6) is 2.70. The third kappa shape index (κ3) is 3.81. The van der Waals surface area contributed by atoms with E-state index in [0.29, 0.717) is 30.9 Å². The van der Waals surface area contributed by atoms with E-state index in [9.17, 15) is 9.59 Å². The number of anilines is 3. The highest BCUT2D eigenvalue weighted by molar-refractivity contribution is 5.90. The molecule has 1 atom stereocenters. The average Bonchev–Trinajstić information content (AvgIpc) is 3.20. The van der Waals surface area contributed by atoms with E-state index in [2.05, 4.69) is 15.3 Å². The Balaban J connectivity index is 1.26. The lowest BCUT2D eigenvalue weighted by Gasteiger charge is -2.35. The van der Waals surface area contributed by atoms with E-state index in [1.807, 2.05) is 11.1 Å². The van der Waals surface area contributed by atoms with Gasteiger partial charge in [0, 0.05) is 43.9 Å². The first-order valence-electron chi connectivity index (χ1n) is 12.1. The second-order valence-electron chi connectivity index (χ2n) is 9.66. The Labute approximate surface area is 192 Å². The molecule has 0 aromatic carbocycles. The molecule has 10 heteroatoms. The molecule has 6 rings (SSSR count). The fraction of sp³-hybridized carbons (Fsp3) is 0.609. The Morgan fingerprint density at radius 2 is 2.00 bits per heavy atom. The second kappa shape index (κ2) is 8.00. The Morgan fingerprint density at radius 1 is 1.12 bits per heavy atom. The number of aromatic nitrogens is 4. The van der Waals surface area contributed by atoms with Crippen LogP contribution in [-0.2, 0) is 22.4 Å². The van der Waals surface area contributed by atoms with Crippen LogP contribution in [0.3, 0.4) is 0 Å². The van der Waals surface area contributed by atoms with Crippen molar-refractivity contribution in [1.82, 2.24) is 29.7 Å². The first-order valence-corrected chi connectivity index (χ1v) is 12.1. The summed E-state index contributed by atoms with van der Waals surface area (Å²) in [7, 11) is 1.78. The molecule has 0 radical (unpaired) electrons. The Kier molecular flexibility index (Phi) is 4.95. The minimum atomic E-state index is -0.321. The Bertz CT molecular complexity index is 1090. The summed E-state index contributed by atoms with van der Waals surface area (Å²) in [5.41, 5.74) is 3.38. The van der Waals surface area contributed by atoms with Crippen molar-refractivity contribution in [2.45, 2.75) is 56.9 Å². The number of likely N-dealkylation sites (N-methyl/N-ethyl adjacent to an activating group) is 1. The number of piperazine rings is 1.